The van der Waals surface area contributed by atoms with Gasteiger partial charge >= 0.3 is 0 Å². The van der Waals surface area contributed by atoms with Gasteiger partial charge in [-0.25, -0.2) is 0 Å². The smallest absolute Gasteiger partial charge is 0.236 e. The van der Waals surface area contributed by atoms with Gasteiger partial charge in [-0.05, 0) is 31.1 Å². The minimum absolute atomic E-state index is 0.149. The van der Waals surface area contributed by atoms with Crippen LogP contribution in [0.15, 0.2) is 0 Å². The maximum absolute atomic E-state index is 12.3. The van der Waals surface area contributed by atoms with Crippen molar-refractivity contribution in [2.24, 2.45) is 11.8 Å². The molecule has 104 valence electrons. The third-order valence-electron chi connectivity index (χ3n) is 4.01. The molecule has 2 rings (SSSR count). The summed E-state index contributed by atoms with van der Waals surface area (Å²) in [5, 5.41) is 9.05. The topological polar surface area (TPSA) is 43.8 Å². The summed E-state index contributed by atoms with van der Waals surface area (Å²) in [5.41, 5.74) is 0. The predicted octanol–water partition coefficient (Wildman–Crippen LogP) is 0.948. The van der Waals surface area contributed by atoms with Crippen molar-refractivity contribution in [3.05, 3.63) is 0 Å². The van der Waals surface area contributed by atoms with Crippen LogP contribution in [-0.4, -0.2) is 59.6 Å². The van der Waals surface area contributed by atoms with Gasteiger partial charge in [0.2, 0.25) is 5.91 Å². The van der Waals surface area contributed by atoms with Gasteiger partial charge in [-0.3, -0.25) is 9.69 Å². The average Bonchev–Trinajstić information content (AvgIpc) is 3.10. The molecule has 18 heavy (non-hydrogen) atoms. The van der Waals surface area contributed by atoms with Gasteiger partial charge in [0.05, 0.1) is 13.2 Å². The van der Waals surface area contributed by atoms with Gasteiger partial charge in [0.25, 0.3) is 0 Å². The fourth-order valence-corrected chi connectivity index (χ4v) is 3.10. The summed E-state index contributed by atoms with van der Waals surface area (Å²) >= 11 is 0. The first-order chi connectivity index (χ1) is 8.60. The number of aliphatic hydroxyl groups is 1. The Morgan fingerprint density at radius 3 is 2.39 bits per heavy atom. The van der Waals surface area contributed by atoms with E-state index < -0.39 is 0 Å². The lowest BCUT2D eigenvalue weighted by molar-refractivity contribution is -0.135. The van der Waals surface area contributed by atoms with Crippen molar-refractivity contribution in [2.45, 2.75) is 39.2 Å². The van der Waals surface area contributed by atoms with Crippen molar-refractivity contribution in [3.63, 3.8) is 0 Å². The molecule has 0 aromatic rings. The van der Waals surface area contributed by atoms with Crippen molar-refractivity contribution in [2.75, 3.05) is 32.8 Å². The molecule has 1 saturated carbocycles. The van der Waals surface area contributed by atoms with Crippen LogP contribution in [-0.2, 0) is 4.79 Å². The summed E-state index contributed by atoms with van der Waals surface area (Å²) < 4.78 is 0. The van der Waals surface area contributed by atoms with Gasteiger partial charge in [-0.2, -0.15) is 0 Å². The van der Waals surface area contributed by atoms with Crippen LogP contribution < -0.4 is 0 Å². The van der Waals surface area contributed by atoms with Crippen molar-refractivity contribution < 1.29 is 9.90 Å². The molecule has 0 bridgehead atoms. The van der Waals surface area contributed by atoms with E-state index in [1.807, 2.05) is 4.90 Å². The Labute approximate surface area is 110 Å². The Bertz CT molecular complexity index is 282. The zero-order valence-electron chi connectivity index (χ0n) is 11.6. The van der Waals surface area contributed by atoms with Crippen LogP contribution in [0, 0.1) is 11.8 Å². The number of carbonyl (C=O) groups excluding carboxylic acids is 1. The molecule has 0 aromatic heterocycles. The highest BCUT2D eigenvalue weighted by Gasteiger charge is 2.32. The van der Waals surface area contributed by atoms with Gasteiger partial charge < -0.3 is 10.0 Å². The Kier molecular flexibility index (Phi) is 4.62. The average molecular weight is 254 g/mol. The first-order valence-corrected chi connectivity index (χ1v) is 7.22. The normalized spacial score (nSPS) is 28.8. The third-order valence-corrected chi connectivity index (χ3v) is 4.01. The van der Waals surface area contributed by atoms with Crippen molar-refractivity contribution in [1.82, 2.24) is 9.80 Å². The molecule has 1 saturated heterocycles. The van der Waals surface area contributed by atoms with Crippen LogP contribution in [0.1, 0.15) is 33.1 Å². The highest BCUT2D eigenvalue weighted by molar-refractivity contribution is 5.78. The zero-order chi connectivity index (χ0) is 13.1. The van der Waals surface area contributed by atoms with Crippen LogP contribution in [0.4, 0.5) is 0 Å². The van der Waals surface area contributed by atoms with Gasteiger partial charge in [0.15, 0.2) is 0 Å². The van der Waals surface area contributed by atoms with E-state index in [0.29, 0.717) is 31.0 Å². The molecule has 1 N–H and O–H groups in total. The van der Waals surface area contributed by atoms with E-state index in [2.05, 4.69) is 18.7 Å². The van der Waals surface area contributed by atoms with E-state index in [0.717, 1.165) is 13.1 Å². The van der Waals surface area contributed by atoms with Crippen LogP contribution in [0.5, 0.6) is 0 Å². The molecule has 2 atom stereocenters. The number of hydrogen-bond acceptors (Lipinski definition) is 3. The van der Waals surface area contributed by atoms with Gasteiger partial charge in [0.1, 0.15) is 0 Å². The second-order valence-electron chi connectivity index (χ2n) is 6.17. The summed E-state index contributed by atoms with van der Waals surface area (Å²) in [4.78, 5) is 16.5. The van der Waals surface area contributed by atoms with Crippen LogP contribution in [0.3, 0.4) is 0 Å². The number of hydrogen-bond donors (Lipinski definition) is 1. The van der Waals surface area contributed by atoms with E-state index in [4.69, 9.17) is 5.11 Å². The number of piperidine rings is 1. The zero-order valence-corrected chi connectivity index (χ0v) is 11.6. The molecule has 4 heteroatoms. The van der Waals surface area contributed by atoms with Gasteiger partial charge in [-0.1, -0.05) is 13.8 Å². The molecular formula is C14H26N2O2. The fourth-order valence-electron chi connectivity index (χ4n) is 3.10. The van der Waals surface area contributed by atoms with Crippen molar-refractivity contribution in [1.29, 1.82) is 0 Å². The molecule has 1 heterocycles. The third kappa shape index (κ3) is 3.69. The summed E-state index contributed by atoms with van der Waals surface area (Å²) in [7, 11) is 0. The Hall–Kier alpha value is -0.610. The summed E-state index contributed by atoms with van der Waals surface area (Å²) in [5.74, 6) is 1.48. The standard InChI is InChI=1S/C14H26N2O2/c1-11-7-12(2)9-16(8-11)14(18)10-15(5-6-17)13-3-4-13/h11-13,17H,3-10H2,1-2H3. The molecule has 0 radical (unpaired) electrons. The Balaban J connectivity index is 1.85. The highest BCUT2D eigenvalue weighted by atomic mass is 16.3. The number of nitrogens with zero attached hydrogens (tertiary/aromatic N) is 2. The molecular weight excluding hydrogens is 228 g/mol. The maximum Gasteiger partial charge on any atom is 0.236 e. The SMILES string of the molecule is CC1CC(C)CN(C(=O)CN(CCO)C2CC2)C1. The van der Waals surface area contributed by atoms with Crippen LogP contribution >= 0.6 is 0 Å². The lowest BCUT2D eigenvalue weighted by Crippen LogP contribution is -2.47. The van der Waals surface area contributed by atoms with E-state index in [1.54, 1.807) is 0 Å². The quantitative estimate of drug-likeness (QED) is 0.794. The first-order valence-electron chi connectivity index (χ1n) is 7.22. The summed E-state index contributed by atoms with van der Waals surface area (Å²) in [6.45, 7) is 7.53. The lowest BCUT2D eigenvalue weighted by atomic mass is 9.92. The minimum Gasteiger partial charge on any atom is -0.395 e. The first kappa shape index (κ1) is 13.8. The number of likely N-dealkylation sites (tertiary alicyclic amines) is 1. The highest BCUT2D eigenvalue weighted by Crippen LogP contribution is 2.27. The number of carbonyl (C=O) groups is 1. The van der Waals surface area contributed by atoms with E-state index in [9.17, 15) is 4.79 Å². The second kappa shape index (κ2) is 6.02. The molecule has 2 unspecified atom stereocenters. The number of rotatable bonds is 5. The summed E-state index contributed by atoms with van der Waals surface area (Å²) in [6.07, 6.45) is 3.59. The van der Waals surface area contributed by atoms with E-state index >= 15 is 0 Å². The van der Waals surface area contributed by atoms with E-state index in [1.165, 1.54) is 19.3 Å². The van der Waals surface area contributed by atoms with Gasteiger partial charge in [0, 0.05) is 25.7 Å². The molecule has 2 fully saturated rings. The largest absolute Gasteiger partial charge is 0.395 e. The second-order valence-corrected chi connectivity index (χ2v) is 6.17. The molecule has 1 aliphatic carbocycles. The maximum atomic E-state index is 12.3. The van der Waals surface area contributed by atoms with Crippen LogP contribution in [0.25, 0.3) is 0 Å². The van der Waals surface area contributed by atoms with Gasteiger partial charge in [-0.15, -0.1) is 0 Å². The predicted molar refractivity (Wildman–Crippen MR) is 71.2 cm³/mol. The number of amides is 1. The van der Waals surface area contributed by atoms with Crippen molar-refractivity contribution in [3.8, 4) is 0 Å². The molecule has 4 nitrogen and oxygen atoms in total. The Morgan fingerprint density at radius 2 is 1.89 bits per heavy atom. The Morgan fingerprint density at radius 1 is 1.28 bits per heavy atom. The monoisotopic (exact) mass is 254 g/mol. The minimum atomic E-state index is 0.149. The van der Waals surface area contributed by atoms with E-state index in [-0.39, 0.29) is 12.5 Å². The lowest BCUT2D eigenvalue weighted by Gasteiger charge is -2.36. The molecule has 1 aliphatic heterocycles. The fraction of sp³-hybridized carbons (Fsp3) is 0.929. The molecule has 1 amide bonds. The summed E-state index contributed by atoms with van der Waals surface area (Å²) in [6, 6.07) is 0.542. The molecule has 0 aromatic carbocycles. The molecule has 2 aliphatic rings. The number of aliphatic hydroxyl groups excluding tert-OH is 1. The molecule has 0 spiro atoms. The van der Waals surface area contributed by atoms with Crippen molar-refractivity contribution >= 4 is 5.91 Å². The van der Waals surface area contributed by atoms with Crippen LogP contribution in [0.2, 0.25) is 0 Å².